The lowest BCUT2D eigenvalue weighted by Crippen LogP contribution is -2.20. The number of aromatic nitrogens is 1. The molecule has 0 saturated carbocycles. The van der Waals surface area contributed by atoms with Gasteiger partial charge < -0.3 is 9.73 Å². The maximum Gasteiger partial charge on any atom is 0.120 e. The topological polar surface area (TPSA) is 38.1 Å². The standard InChI is InChI=1S/C14H18N2O/c1-11-3-4-14(17-11)12(2)16-10-7-13-5-8-15-9-6-13/h3-6,8-9,12,16H,7,10H2,1-2H3. The summed E-state index contributed by atoms with van der Waals surface area (Å²) in [6.07, 6.45) is 4.66. The van der Waals surface area contributed by atoms with Crippen LogP contribution in [0.4, 0.5) is 0 Å². The van der Waals surface area contributed by atoms with Crippen molar-refractivity contribution in [3.05, 3.63) is 53.7 Å². The molecule has 1 atom stereocenters. The van der Waals surface area contributed by atoms with Crippen molar-refractivity contribution in [1.82, 2.24) is 10.3 Å². The highest BCUT2D eigenvalue weighted by Crippen LogP contribution is 2.15. The Hall–Kier alpha value is -1.61. The summed E-state index contributed by atoms with van der Waals surface area (Å²) in [5, 5.41) is 3.45. The Labute approximate surface area is 102 Å². The summed E-state index contributed by atoms with van der Waals surface area (Å²) in [7, 11) is 0. The summed E-state index contributed by atoms with van der Waals surface area (Å²) in [4.78, 5) is 4.00. The van der Waals surface area contributed by atoms with Gasteiger partial charge in [-0.3, -0.25) is 4.98 Å². The van der Waals surface area contributed by atoms with Crippen molar-refractivity contribution in [2.45, 2.75) is 26.3 Å². The Morgan fingerprint density at radius 2 is 2.00 bits per heavy atom. The summed E-state index contributed by atoms with van der Waals surface area (Å²) in [6, 6.07) is 8.37. The van der Waals surface area contributed by atoms with Gasteiger partial charge in [0, 0.05) is 12.4 Å². The first-order valence-electron chi connectivity index (χ1n) is 5.94. The second-order valence-corrected chi connectivity index (χ2v) is 4.23. The van der Waals surface area contributed by atoms with Crippen molar-refractivity contribution in [1.29, 1.82) is 0 Å². The van der Waals surface area contributed by atoms with E-state index in [1.807, 2.05) is 43.6 Å². The lowest BCUT2D eigenvalue weighted by molar-refractivity contribution is 0.418. The molecule has 0 aromatic carbocycles. The smallest absolute Gasteiger partial charge is 0.120 e. The molecule has 2 rings (SSSR count). The molecule has 0 aliphatic rings. The Balaban J connectivity index is 1.79. The van der Waals surface area contributed by atoms with Crippen LogP contribution in [-0.4, -0.2) is 11.5 Å². The van der Waals surface area contributed by atoms with Crippen molar-refractivity contribution in [2.75, 3.05) is 6.54 Å². The highest BCUT2D eigenvalue weighted by atomic mass is 16.3. The van der Waals surface area contributed by atoms with E-state index in [4.69, 9.17) is 4.42 Å². The molecular weight excluding hydrogens is 212 g/mol. The Morgan fingerprint density at radius 1 is 1.24 bits per heavy atom. The summed E-state index contributed by atoms with van der Waals surface area (Å²) in [5.74, 6) is 1.96. The SMILES string of the molecule is Cc1ccc(C(C)NCCc2ccncc2)o1. The van der Waals surface area contributed by atoms with Gasteiger partial charge in [-0.1, -0.05) is 0 Å². The Morgan fingerprint density at radius 3 is 2.65 bits per heavy atom. The van der Waals surface area contributed by atoms with E-state index in [9.17, 15) is 0 Å². The van der Waals surface area contributed by atoms with Crippen LogP contribution in [0.2, 0.25) is 0 Å². The lowest BCUT2D eigenvalue weighted by atomic mass is 10.2. The van der Waals surface area contributed by atoms with E-state index in [2.05, 4.69) is 17.2 Å². The summed E-state index contributed by atoms with van der Waals surface area (Å²) >= 11 is 0. The molecular formula is C14H18N2O. The molecule has 0 aliphatic carbocycles. The van der Waals surface area contributed by atoms with Crippen LogP contribution in [0.5, 0.6) is 0 Å². The van der Waals surface area contributed by atoms with E-state index in [0.29, 0.717) is 0 Å². The fraction of sp³-hybridized carbons (Fsp3) is 0.357. The number of furan rings is 1. The highest BCUT2D eigenvalue weighted by molar-refractivity contribution is 5.11. The van der Waals surface area contributed by atoms with Crippen LogP contribution in [0.1, 0.15) is 30.0 Å². The predicted octanol–water partition coefficient (Wildman–Crippen LogP) is 2.88. The summed E-state index contributed by atoms with van der Waals surface area (Å²) in [5.41, 5.74) is 1.30. The molecule has 0 fully saturated rings. The van der Waals surface area contributed by atoms with E-state index in [-0.39, 0.29) is 6.04 Å². The minimum atomic E-state index is 0.255. The molecule has 0 bridgehead atoms. The zero-order chi connectivity index (χ0) is 12.1. The molecule has 1 unspecified atom stereocenters. The van der Waals surface area contributed by atoms with Gasteiger partial charge in [0.05, 0.1) is 6.04 Å². The molecule has 0 spiro atoms. The van der Waals surface area contributed by atoms with Crippen molar-refractivity contribution >= 4 is 0 Å². The van der Waals surface area contributed by atoms with Crippen molar-refractivity contribution in [2.24, 2.45) is 0 Å². The van der Waals surface area contributed by atoms with Gasteiger partial charge in [0.15, 0.2) is 0 Å². The molecule has 0 radical (unpaired) electrons. The first kappa shape index (κ1) is 11.9. The largest absolute Gasteiger partial charge is 0.465 e. The van der Waals surface area contributed by atoms with Gasteiger partial charge in [-0.25, -0.2) is 0 Å². The van der Waals surface area contributed by atoms with Gasteiger partial charge in [0.25, 0.3) is 0 Å². The van der Waals surface area contributed by atoms with Crippen LogP contribution in [0, 0.1) is 6.92 Å². The van der Waals surface area contributed by atoms with Gasteiger partial charge in [0.2, 0.25) is 0 Å². The third-order valence-electron chi connectivity index (χ3n) is 2.80. The molecule has 17 heavy (non-hydrogen) atoms. The van der Waals surface area contributed by atoms with Gasteiger partial charge in [-0.05, 0) is 56.6 Å². The van der Waals surface area contributed by atoms with E-state index < -0.39 is 0 Å². The van der Waals surface area contributed by atoms with Gasteiger partial charge in [-0.15, -0.1) is 0 Å². The Kier molecular flexibility index (Phi) is 3.94. The zero-order valence-electron chi connectivity index (χ0n) is 10.3. The highest BCUT2D eigenvalue weighted by Gasteiger charge is 2.07. The number of aryl methyl sites for hydroxylation is 1. The van der Waals surface area contributed by atoms with Crippen LogP contribution < -0.4 is 5.32 Å². The maximum atomic E-state index is 5.58. The molecule has 0 aliphatic heterocycles. The maximum absolute atomic E-state index is 5.58. The second kappa shape index (κ2) is 5.64. The van der Waals surface area contributed by atoms with Crippen molar-refractivity contribution < 1.29 is 4.42 Å². The molecule has 0 amide bonds. The molecule has 3 heteroatoms. The van der Waals surface area contributed by atoms with Crippen molar-refractivity contribution in [3.8, 4) is 0 Å². The van der Waals surface area contributed by atoms with Crippen LogP contribution in [0.15, 0.2) is 41.1 Å². The number of nitrogens with one attached hydrogen (secondary N) is 1. The zero-order valence-corrected chi connectivity index (χ0v) is 10.3. The molecule has 90 valence electrons. The summed E-state index contributed by atoms with van der Waals surface area (Å²) in [6.45, 7) is 5.02. The third kappa shape index (κ3) is 3.43. The van der Waals surface area contributed by atoms with E-state index in [1.165, 1.54) is 5.56 Å². The van der Waals surface area contributed by atoms with E-state index >= 15 is 0 Å². The van der Waals surface area contributed by atoms with Crippen LogP contribution in [0.25, 0.3) is 0 Å². The predicted molar refractivity (Wildman–Crippen MR) is 67.8 cm³/mol. The van der Waals surface area contributed by atoms with Crippen LogP contribution >= 0.6 is 0 Å². The number of pyridine rings is 1. The quantitative estimate of drug-likeness (QED) is 0.858. The van der Waals surface area contributed by atoms with Gasteiger partial charge in [-0.2, -0.15) is 0 Å². The monoisotopic (exact) mass is 230 g/mol. The number of nitrogens with zero attached hydrogens (tertiary/aromatic N) is 1. The molecule has 1 N–H and O–H groups in total. The normalized spacial score (nSPS) is 12.6. The molecule has 2 heterocycles. The Bertz CT molecular complexity index is 450. The first-order chi connectivity index (χ1) is 8.25. The average molecular weight is 230 g/mol. The molecule has 2 aromatic heterocycles. The first-order valence-corrected chi connectivity index (χ1v) is 5.94. The van der Waals surface area contributed by atoms with Crippen LogP contribution in [0.3, 0.4) is 0 Å². The molecule has 0 saturated heterocycles. The minimum Gasteiger partial charge on any atom is -0.465 e. The fourth-order valence-corrected chi connectivity index (χ4v) is 1.77. The average Bonchev–Trinajstić information content (AvgIpc) is 2.77. The second-order valence-electron chi connectivity index (χ2n) is 4.23. The summed E-state index contributed by atoms with van der Waals surface area (Å²) < 4.78 is 5.58. The number of rotatable bonds is 5. The van der Waals surface area contributed by atoms with Gasteiger partial charge >= 0.3 is 0 Å². The lowest BCUT2D eigenvalue weighted by Gasteiger charge is -2.11. The minimum absolute atomic E-state index is 0.255. The van der Waals surface area contributed by atoms with Crippen LogP contribution in [-0.2, 0) is 6.42 Å². The molecule has 2 aromatic rings. The number of hydrogen-bond donors (Lipinski definition) is 1. The third-order valence-corrected chi connectivity index (χ3v) is 2.80. The van der Waals surface area contributed by atoms with E-state index in [1.54, 1.807) is 0 Å². The van der Waals surface area contributed by atoms with Gasteiger partial charge in [0.1, 0.15) is 11.5 Å². The van der Waals surface area contributed by atoms with E-state index in [0.717, 1.165) is 24.5 Å². The molecule has 3 nitrogen and oxygen atoms in total. The number of hydrogen-bond acceptors (Lipinski definition) is 3. The van der Waals surface area contributed by atoms with Crippen molar-refractivity contribution in [3.63, 3.8) is 0 Å². The fourth-order valence-electron chi connectivity index (χ4n) is 1.77.